The minimum absolute atomic E-state index is 0.0933. The molecular weight excluding hydrogens is 335 g/mol. The van der Waals surface area contributed by atoms with Crippen LogP contribution in [-0.2, 0) is 10.9 Å². The topological polar surface area (TPSA) is 21.3 Å². The van der Waals surface area contributed by atoms with Crippen LogP contribution < -0.4 is 5.32 Å². The Morgan fingerprint density at radius 3 is 2.60 bits per heavy atom. The van der Waals surface area contributed by atoms with E-state index in [9.17, 15) is 13.2 Å². The predicted octanol–water partition coefficient (Wildman–Crippen LogP) is 4.84. The fourth-order valence-corrected chi connectivity index (χ4v) is 2.73. The second kappa shape index (κ2) is 6.80. The van der Waals surface area contributed by atoms with Crippen molar-refractivity contribution in [2.75, 3.05) is 18.5 Å². The maximum Gasteiger partial charge on any atom is 0.418 e. The Bertz CT molecular complexity index is 445. The van der Waals surface area contributed by atoms with Gasteiger partial charge < -0.3 is 10.1 Å². The van der Waals surface area contributed by atoms with E-state index in [1.54, 1.807) is 6.07 Å². The lowest BCUT2D eigenvalue weighted by molar-refractivity contribution is -0.137. The van der Waals surface area contributed by atoms with Crippen molar-refractivity contribution in [3.63, 3.8) is 0 Å². The van der Waals surface area contributed by atoms with Gasteiger partial charge in [0.15, 0.2) is 0 Å². The highest BCUT2D eigenvalue weighted by molar-refractivity contribution is 9.10. The molecule has 0 heterocycles. The summed E-state index contributed by atoms with van der Waals surface area (Å²) in [6.45, 7) is 0.805. The van der Waals surface area contributed by atoms with Crippen LogP contribution in [0.5, 0.6) is 0 Å². The molecule has 1 aliphatic rings. The first kappa shape index (κ1) is 15.6. The Kier molecular flexibility index (Phi) is 5.32. The summed E-state index contributed by atoms with van der Waals surface area (Å²) in [6.07, 6.45) is 0.409. The van der Waals surface area contributed by atoms with E-state index in [1.165, 1.54) is 18.9 Å². The zero-order valence-corrected chi connectivity index (χ0v) is 12.6. The van der Waals surface area contributed by atoms with Crippen LogP contribution in [-0.4, -0.2) is 19.3 Å². The molecule has 0 spiro atoms. The number of halogens is 4. The SMILES string of the molecule is FC(F)(F)c1cc(Br)ccc1NCCOC1CCCC1. The molecule has 112 valence electrons. The zero-order valence-electron chi connectivity index (χ0n) is 11.0. The lowest BCUT2D eigenvalue weighted by Gasteiger charge is -2.16. The Hall–Kier alpha value is -0.750. The van der Waals surface area contributed by atoms with Gasteiger partial charge in [-0.15, -0.1) is 0 Å². The summed E-state index contributed by atoms with van der Waals surface area (Å²) in [5.41, 5.74) is -0.566. The van der Waals surface area contributed by atoms with Crippen molar-refractivity contribution in [3.8, 4) is 0 Å². The molecule has 6 heteroatoms. The number of anilines is 1. The van der Waals surface area contributed by atoms with Gasteiger partial charge in [0.2, 0.25) is 0 Å². The predicted molar refractivity (Wildman–Crippen MR) is 75.8 cm³/mol. The van der Waals surface area contributed by atoms with Crippen molar-refractivity contribution in [3.05, 3.63) is 28.2 Å². The third kappa shape index (κ3) is 4.38. The molecule has 2 nitrogen and oxygen atoms in total. The van der Waals surface area contributed by atoms with E-state index in [0.29, 0.717) is 17.6 Å². The molecule has 2 rings (SSSR count). The highest BCUT2D eigenvalue weighted by Gasteiger charge is 2.33. The minimum atomic E-state index is -4.36. The first-order valence-electron chi connectivity index (χ1n) is 6.69. The summed E-state index contributed by atoms with van der Waals surface area (Å²) < 4.78 is 44.7. The van der Waals surface area contributed by atoms with Gasteiger partial charge >= 0.3 is 6.18 Å². The Morgan fingerprint density at radius 2 is 1.95 bits per heavy atom. The third-order valence-corrected chi connectivity index (χ3v) is 3.85. The number of hydrogen-bond acceptors (Lipinski definition) is 2. The van der Waals surface area contributed by atoms with E-state index >= 15 is 0 Å². The normalized spacial score (nSPS) is 16.6. The van der Waals surface area contributed by atoms with E-state index in [1.807, 2.05) is 0 Å². The first-order chi connectivity index (χ1) is 9.47. The van der Waals surface area contributed by atoms with Gasteiger partial charge in [-0.3, -0.25) is 0 Å². The van der Waals surface area contributed by atoms with Gasteiger partial charge in [-0.05, 0) is 31.0 Å². The lowest BCUT2D eigenvalue weighted by atomic mass is 10.1. The standard InChI is InChI=1S/C14H17BrF3NO/c15-10-5-6-13(12(9-10)14(16,17)18)19-7-8-20-11-3-1-2-4-11/h5-6,9,11,19H,1-4,7-8H2. The summed E-state index contributed by atoms with van der Waals surface area (Å²) in [6, 6.07) is 4.11. The molecule has 0 atom stereocenters. The number of alkyl halides is 3. The van der Waals surface area contributed by atoms with Crippen molar-refractivity contribution in [1.29, 1.82) is 0 Å². The van der Waals surface area contributed by atoms with Crippen LogP contribution in [0.3, 0.4) is 0 Å². The molecule has 0 bridgehead atoms. The Labute approximate surface area is 124 Å². The number of benzene rings is 1. The van der Waals surface area contributed by atoms with Crippen molar-refractivity contribution in [1.82, 2.24) is 0 Å². The summed E-state index contributed by atoms with van der Waals surface area (Å²) >= 11 is 3.06. The number of hydrogen-bond donors (Lipinski definition) is 1. The molecule has 0 aromatic heterocycles. The second-order valence-corrected chi connectivity index (χ2v) is 5.81. The van der Waals surface area contributed by atoms with Crippen LogP contribution >= 0.6 is 15.9 Å². The maximum atomic E-state index is 12.9. The molecule has 20 heavy (non-hydrogen) atoms. The zero-order chi connectivity index (χ0) is 14.6. The van der Waals surface area contributed by atoms with E-state index < -0.39 is 11.7 Å². The van der Waals surface area contributed by atoms with Gasteiger partial charge in [-0.2, -0.15) is 13.2 Å². The summed E-state index contributed by atoms with van der Waals surface area (Å²) in [4.78, 5) is 0. The van der Waals surface area contributed by atoms with Crippen molar-refractivity contribution in [2.45, 2.75) is 38.0 Å². The van der Waals surface area contributed by atoms with Crippen molar-refractivity contribution < 1.29 is 17.9 Å². The maximum absolute atomic E-state index is 12.9. The molecule has 1 aliphatic carbocycles. The minimum Gasteiger partial charge on any atom is -0.382 e. The van der Waals surface area contributed by atoms with Crippen LogP contribution in [0.2, 0.25) is 0 Å². The fourth-order valence-electron chi connectivity index (χ4n) is 2.37. The molecular formula is C14H17BrF3NO. The van der Waals surface area contributed by atoms with Crippen LogP contribution in [0, 0.1) is 0 Å². The summed E-state index contributed by atoms with van der Waals surface area (Å²) in [5.74, 6) is 0. The quantitative estimate of drug-likeness (QED) is 0.766. The van der Waals surface area contributed by atoms with Gasteiger partial charge in [0.1, 0.15) is 0 Å². The van der Waals surface area contributed by atoms with E-state index in [-0.39, 0.29) is 11.8 Å². The monoisotopic (exact) mass is 351 g/mol. The fraction of sp³-hybridized carbons (Fsp3) is 0.571. The van der Waals surface area contributed by atoms with E-state index in [0.717, 1.165) is 18.9 Å². The number of rotatable bonds is 5. The average molecular weight is 352 g/mol. The van der Waals surface area contributed by atoms with Crippen LogP contribution in [0.25, 0.3) is 0 Å². The highest BCUT2D eigenvalue weighted by atomic mass is 79.9. The molecule has 1 aromatic rings. The molecule has 0 amide bonds. The van der Waals surface area contributed by atoms with Gasteiger partial charge in [-0.1, -0.05) is 28.8 Å². The van der Waals surface area contributed by atoms with Gasteiger partial charge in [0, 0.05) is 16.7 Å². The Balaban J connectivity index is 1.88. The largest absolute Gasteiger partial charge is 0.418 e. The van der Waals surface area contributed by atoms with Gasteiger partial charge in [0.25, 0.3) is 0 Å². The second-order valence-electron chi connectivity index (χ2n) is 4.89. The van der Waals surface area contributed by atoms with Crippen LogP contribution in [0.15, 0.2) is 22.7 Å². The summed E-state index contributed by atoms with van der Waals surface area (Å²) in [7, 11) is 0. The van der Waals surface area contributed by atoms with Crippen molar-refractivity contribution in [2.24, 2.45) is 0 Å². The van der Waals surface area contributed by atoms with E-state index in [2.05, 4.69) is 21.2 Å². The number of ether oxygens (including phenoxy) is 1. The lowest BCUT2D eigenvalue weighted by Crippen LogP contribution is -2.17. The van der Waals surface area contributed by atoms with Crippen LogP contribution in [0.4, 0.5) is 18.9 Å². The smallest absolute Gasteiger partial charge is 0.382 e. The van der Waals surface area contributed by atoms with E-state index in [4.69, 9.17) is 4.74 Å². The summed E-state index contributed by atoms with van der Waals surface area (Å²) in [5, 5.41) is 2.81. The third-order valence-electron chi connectivity index (χ3n) is 3.36. The van der Waals surface area contributed by atoms with Gasteiger partial charge in [-0.25, -0.2) is 0 Å². The molecule has 0 saturated heterocycles. The molecule has 1 N–H and O–H groups in total. The van der Waals surface area contributed by atoms with Crippen molar-refractivity contribution >= 4 is 21.6 Å². The Morgan fingerprint density at radius 1 is 1.25 bits per heavy atom. The first-order valence-corrected chi connectivity index (χ1v) is 7.48. The average Bonchev–Trinajstić information content (AvgIpc) is 2.88. The molecule has 1 aromatic carbocycles. The highest BCUT2D eigenvalue weighted by Crippen LogP contribution is 2.36. The molecule has 0 unspecified atom stereocenters. The molecule has 0 radical (unpaired) electrons. The van der Waals surface area contributed by atoms with Gasteiger partial charge in [0.05, 0.1) is 18.3 Å². The molecule has 0 aliphatic heterocycles. The van der Waals surface area contributed by atoms with Crippen LogP contribution in [0.1, 0.15) is 31.2 Å². The molecule has 1 fully saturated rings. The molecule has 1 saturated carbocycles. The number of nitrogens with one attached hydrogen (secondary N) is 1.